The Kier molecular flexibility index (Phi) is 4.49. The van der Waals surface area contributed by atoms with Crippen LogP contribution in [0.3, 0.4) is 0 Å². The van der Waals surface area contributed by atoms with E-state index in [0.717, 1.165) is 29.5 Å². The first-order valence-electron chi connectivity index (χ1n) is 7.09. The molecule has 0 bridgehead atoms. The smallest absolute Gasteiger partial charge is 0.244 e. The highest BCUT2D eigenvalue weighted by Gasteiger charge is 2.37. The molecule has 1 atom stereocenters. The van der Waals surface area contributed by atoms with Gasteiger partial charge in [-0.15, -0.1) is 0 Å². The predicted molar refractivity (Wildman–Crippen MR) is 89.9 cm³/mol. The quantitative estimate of drug-likeness (QED) is 0.713. The number of sulfonamides is 1. The third kappa shape index (κ3) is 2.95. The molecule has 0 aliphatic carbocycles. The summed E-state index contributed by atoms with van der Waals surface area (Å²) in [7, 11) is -3.44. The number of rotatable bonds is 2. The Balaban J connectivity index is 1.92. The normalized spacial score (nSPS) is 24.2. The molecular weight excluding hydrogens is 420 g/mol. The zero-order chi connectivity index (χ0) is 15.2. The van der Waals surface area contributed by atoms with Crippen LogP contribution in [0.2, 0.25) is 0 Å². The van der Waals surface area contributed by atoms with Crippen LogP contribution in [0.25, 0.3) is 0 Å². The molecule has 116 valence electrons. The fraction of sp³-hybridized carbons (Fsp3) is 0.571. The van der Waals surface area contributed by atoms with Crippen molar-refractivity contribution in [3.05, 3.63) is 26.6 Å². The number of fused-ring (bicyclic) bond motifs is 1. The van der Waals surface area contributed by atoms with E-state index in [0.29, 0.717) is 28.5 Å². The van der Waals surface area contributed by atoms with E-state index >= 15 is 0 Å². The molecule has 0 aromatic heterocycles. The Morgan fingerprint density at radius 2 is 1.90 bits per heavy atom. The summed E-state index contributed by atoms with van der Waals surface area (Å²) in [5.41, 5.74) is 1.02. The van der Waals surface area contributed by atoms with Crippen LogP contribution in [0, 0.1) is 6.92 Å². The number of hydrogen-bond acceptors (Lipinski definition) is 3. The number of hydrogen-bond donors (Lipinski definition) is 0. The van der Waals surface area contributed by atoms with Crippen LogP contribution < -0.4 is 0 Å². The van der Waals surface area contributed by atoms with Gasteiger partial charge in [0, 0.05) is 34.6 Å². The van der Waals surface area contributed by atoms with E-state index in [2.05, 4.69) is 36.8 Å². The minimum absolute atomic E-state index is 0.353. The highest BCUT2D eigenvalue weighted by atomic mass is 79.9. The molecule has 1 aromatic rings. The van der Waals surface area contributed by atoms with E-state index in [1.807, 2.05) is 13.0 Å². The molecule has 1 aromatic carbocycles. The van der Waals surface area contributed by atoms with Crippen LogP contribution in [0.4, 0.5) is 0 Å². The van der Waals surface area contributed by atoms with Gasteiger partial charge in [0.1, 0.15) is 0 Å². The summed E-state index contributed by atoms with van der Waals surface area (Å²) in [6.07, 6.45) is 2.28. The predicted octanol–water partition coefficient (Wildman–Crippen LogP) is 2.99. The van der Waals surface area contributed by atoms with Gasteiger partial charge >= 0.3 is 0 Å². The molecule has 0 saturated carbocycles. The maximum atomic E-state index is 12.9. The number of aryl methyl sites for hydroxylation is 1. The minimum Gasteiger partial charge on any atom is -0.298 e. The third-order valence-corrected chi connectivity index (χ3v) is 8.06. The fourth-order valence-corrected chi connectivity index (χ4v) is 6.25. The van der Waals surface area contributed by atoms with Crippen molar-refractivity contribution < 1.29 is 8.42 Å². The van der Waals surface area contributed by atoms with Crippen molar-refractivity contribution in [1.29, 1.82) is 0 Å². The van der Waals surface area contributed by atoms with Crippen molar-refractivity contribution in [2.75, 3.05) is 26.2 Å². The molecule has 21 heavy (non-hydrogen) atoms. The third-order valence-electron chi connectivity index (χ3n) is 4.38. The molecule has 4 nitrogen and oxygen atoms in total. The second-order valence-corrected chi connectivity index (χ2v) is 9.34. The summed E-state index contributed by atoms with van der Waals surface area (Å²) in [6.45, 7) is 5.09. The Morgan fingerprint density at radius 1 is 1.14 bits per heavy atom. The zero-order valence-corrected chi connectivity index (χ0v) is 15.8. The lowest BCUT2D eigenvalue weighted by molar-refractivity contribution is 0.158. The molecule has 2 heterocycles. The van der Waals surface area contributed by atoms with Gasteiger partial charge in [-0.2, -0.15) is 4.31 Å². The molecule has 0 N–H and O–H groups in total. The Hall–Kier alpha value is 0.0500. The van der Waals surface area contributed by atoms with Crippen molar-refractivity contribution >= 4 is 41.9 Å². The first kappa shape index (κ1) is 15.9. The standard InChI is InChI=1S/C14H18Br2N2O2S/c1-10-7-13(16)14(8-12(10)15)21(19,20)18-6-5-17-4-2-3-11(17)9-18/h7-8,11H,2-6,9H2,1H3. The van der Waals surface area contributed by atoms with E-state index in [4.69, 9.17) is 0 Å². The van der Waals surface area contributed by atoms with Gasteiger partial charge in [0.05, 0.1) is 4.90 Å². The van der Waals surface area contributed by atoms with Crippen LogP contribution in [0.1, 0.15) is 18.4 Å². The van der Waals surface area contributed by atoms with E-state index in [1.165, 1.54) is 6.42 Å². The highest BCUT2D eigenvalue weighted by molar-refractivity contribution is 9.11. The average Bonchev–Trinajstić information content (AvgIpc) is 2.90. The lowest BCUT2D eigenvalue weighted by Gasteiger charge is -2.36. The van der Waals surface area contributed by atoms with Gasteiger partial charge in [-0.25, -0.2) is 8.42 Å². The Labute approximate surface area is 142 Å². The maximum absolute atomic E-state index is 12.9. The topological polar surface area (TPSA) is 40.6 Å². The van der Waals surface area contributed by atoms with E-state index in [1.54, 1.807) is 10.4 Å². The maximum Gasteiger partial charge on any atom is 0.244 e. The van der Waals surface area contributed by atoms with Crippen molar-refractivity contribution in [2.45, 2.75) is 30.7 Å². The number of benzene rings is 1. The molecule has 7 heteroatoms. The number of halogens is 2. The summed E-state index contributed by atoms with van der Waals surface area (Å²) < 4.78 is 28.9. The molecular formula is C14H18Br2N2O2S. The molecule has 0 radical (unpaired) electrons. The molecule has 0 spiro atoms. The van der Waals surface area contributed by atoms with Crippen LogP contribution >= 0.6 is 31.9 Å². The minimum atomic E-state index is -3.44. The SMILES string of the molecule is Cc1cc(Br)c(S(=O)(=O)N2CCN3CCCC3C2)cc1Br. The highest BCUT2D eigenvalue weighted by Crippen LogP contribution is 2.32. The van der Waals surface area contributed by atoms with E-state index < -0.39 is 10.0 Å². The van der Waals surface area contributed by atoms with Crippen LogP contribution in [0.5, 0.6) is 0 Å². The summed E-state index contributed by atoms with van der Waals surface area (Å²) in [5, 5.41) is 0. The van der Waals surface area contributed by atoms with Crippen molar-refractivity contribution in [3.63, 3.8) is 0 Å². The molecule has 2 aliphatic heterocycles. The largest absolute Gasteiger partial charge is 0.298 e. The van der Waals surface area contributed by atoms with Gasteiger partial charge in [0.15, 0.2) is 0 Å². The first-order chi connectivity index (χ1) is 9.89. The van der Waals surface area contributed by atoms with Crippen LogP contribution in [-0.2, 0) is 10.0 Å². The average molecular weight is 438 g/mol. The summed E-state index contributed by atoms with van der Waals surface area (Å²) in [5.74, 6) is 0. The lowest BCUT2D eigenvalue weighted by atomic mass is 10.2. The van der Waals surface area contributed by atoms with Gasteiger partial charge in [0.25, 0.3) is 0 Å². The summed E-state index contributed by atoms with van der Waals surface area (Å²) in [6, 6.07) is 3.94. The Bertz CT molecular complexity index is 663. The molecule has 2 fully saturated rings. The van der Waals surface area contributed by atoms with Crippen molar-refractivity contribution in [1.82, 2.24) is 9.21 Å². The van der Waals surface area contributed by atoms with Crippen LogP contribution in [0.15, 0.2) is 26.0 Å². The van der Waals surface area contributed by atoms with Gasteiger partial charge in [-0.05, 0) is 59.9 Å². The number of piperazine rings is 1. The van der Waals surface area contributed by atoms with E-state index in [-0.39, 0.29) is 0 Å². The Morgan fingerprint density at radius 3 is 2.67 bits per heavy atom. The van der Waals surface area contributed by atoms with Crippen molar-refractivity contribution in [2.24, 2.45) is 0 Å². The second kappa shape index (κ2) is 5.92. The molecule has 2 aliphatic rings. The van der Waals surface area contributed by atoms with Gasteiger partial charge in [-0.1, -0.05) is 15.9 Å². The first-order valence-corrected chi connectivity index (χ1v) is 10.1. The lowest BCUT2D eigenvalue weighted by Crippen LogP contribution is -2.51. The van der Waals surface area contributed by atoms with E-state index in [9.17, 15) is 8.42 Å². The summed E-state index contributed by atoms with van der Waals surface area (Å²) >= 11 is 6.83. The van der Waals surface area contributed by atoms with Gasteiger partial charge < -0.3 is 0 Å². The van der Waals surface area contributed by atoms with Crippen LogP contribution in [-0.4, -0.2) is 49.8 Å². The fourth-order valence-electron chi connectivity index (χ4n) is 3.15. The molecule has 3 rings (SSSR count). The van der Waals surface area contributed by atoms with Gasteiger partial charge in [0.2, 0.25) is 10.0 Å². The molecule has 2 saturated heterocycles. The zero-order valence-electron chi connectivity index (χ0n) is 11.8. The molecule has 0 amide bonds. The van der Waals surface area contributed by atoms with Gasteiger partial charge in [-0.3, -0.25) is 4.90 Å². The summed E-state index contributed by atoms with van der Waals surface area (Å²) in [4.78, 5) is 2.76. The monoisotopic (exact) mass is 436 g/mol. The molecule has 1 unspecified atom stereocenters. The van der Waals surface area contributed by atoms with Crippen molar-refractivity contribution in [3.8, 4) is 0 Å². The second-order valence-electron chi connectivity index (χ2n) is 5.73. The number of nitrogens with zero attached hydrogens (tertiary/aromatic N) is 2.